The van der Waals surface area contributed by atoms with Crippen LogP contribution in [-0.2, 0) is 21.2 Å². The van der Waals surface area contributed by atoms with Crippen molar-refractivity contribution in [2.45, 2.75) is 75.3 Å². The number of aliphatic hydroxyl groups excluding tert-OH is 1. The molecule has 1 saturated heterocycles. The predicted molar refractivity (Wildman–Crippen MR) is 195 cm³/mol. The van der Waals surface area contributed by atoms with Gasteiger partial charge in [0.05, 0.1) is 10.6 Å². The largest absolute Gasteiger partial charge is 0.506 e. The van der Waals surface area contributed by atoms with E-state index < -0.39 is 16.1 Å². The lowest BCUT2D eigenvalue weighted by Crippen LogP contribution is -2.45. The molecule has 2 heterocycles. The summed E-state index contributed by atoms with van der Waals surface area (Å²) >= 11 is 0. The van der Waals surface area contributed by atoms with Crippen molar-refractivity contribution in [3.8, 4) is 11.5 Å². The lowest BCUT2D eigenvalue weighted by Gasteiger charge is -2.34. The second-order valence-electron chi connectivity index (χ2n) is 12.7. The van der Waals surface area contributed by atoms with E-state index in [0.717, 1.165) is 62.9 Å². The molecule has 2 aliphatic heterocycles. The van der Waals surface area contributed by atoms with Crippen LogP contribution >= 0.6 is 0 Å². The van der Waals surface area contributed by atoms with Crippen molar-refractivity contribution in [3.63, 3.8) is 0 Å². The number of ether oxygens (including phenoxy) is 1. The Morgan fingerprint density at radius 2 is 1.70 bits per heavy atom. The highest BCUT2D eigenvalue weighted by Crippen LogP contribution is 2.38. The van der Waals surface area contributed by atoms with E-state index in [0.29, 0.717) is 48.7 Å². The summed E-state index contributed by atoms with van der Waals surface area (Å²) in [4.78, 5) is 26.2. The lowest BCUT2D eigenvalue weighted by molar-refractivity contribution is -0.116. The number of phenolic OH excluding ortho intramolecular Hbond substituents is 1. The number of carbonyl (C=O) groups is 2. The minimum Gasteiger partial charge on any atom is -0.506 e. The summed E-state index contributed by atoms with van der Waals surface area (Å²) in [5.74, 6) is 0.392. The Labute approximate surface area is 293 Å². The van der Waals surface area contributed by atoms with Crippen LogP contribution in [0.4, 0.5) is 27.5 Å². The minimum absolute atomic E-state index is 0.00226. The molecule has 3 amide bonds. The molecule has 0 saturated carbocycles. The van der Waals surface area contributed by atoms with Gasteiger partial charge in [0, 0.05) is 61.3 Å². The zero-order valence-electron chi connectivity index (χ0n) is 28.4. The summed E-state index contributed by atoms with van der Waals surface area (Å²) < 4.78 is 34.5. The van der Waals surface area contributed by atoms with Gasteiger partial charge in [-0.2, -0.15) is 0 Å². The Hall–Kier alpha value is -4.53. The number of rotatable bonds is 16. The van der Waals surface area contributed by atoms with Crippen molar-refractivity contribution >= 4 is 44.7 Å². The van der Waals surface area contributed by atoms with Crippen molar-refractivity contribution in [2.24, 2.45) is 0 Å². The molecule has 1 fully saturated rings. The number of fused-ring (bicyclic) bond motifs is 1. The summed E-state index contributed by atoms with van der Waals surface area (Å²) in [6, 6.07) is 16.4. The third-order valence-electron chi connectivity index (χ3n) is 8.91. The maximum Gasteiger partial charge on any atom is 0.319 e. The maximum absolute atomic E-state index is 13.0. The number of benzene rings is 3. The van der Waals surface area contributed by atoms with Crippen LogP contribution in [0, 0.1) is 0 Å². The Morgan fingerprint density at radius 3 is 2.42 bits per heavy atom. The van der Waals surface area contributed by atoms with Crippen molar-refractivity contribution in [3.05, 3.63) is 66.2 Å². The molecule has 5 rings (SSSR count). The van der Waals surface area contributed by atoms with Gasteiger partial charge >= 0.3 is 6.03 Å². The number of urea groups is 1. The molecule has 3 aromatic rings. The molecule has 0 aromatic heterocycles. The fourth-order valence-electron chi connectivity index (χ4n) is 6.07. The summed E-state index contributed by atoms with van der Waals surface area (Å²) in [6.45, 7) is 4.78. The normalized spacial score (nSPS) is 15.5. The van der Waals surface area contributed by atoms with Crippen molar-refractivity contribution in [1.29, 1.82) is 0 Å². The van der Waals surface area contributed by atoms with Gasteiger partial charge in [-0.15, -0.1) is 0 Å². The molecule has 3 aromatic carbocycles. The Balaban J connectivity index is 1.02. The molecule has 270 valence electrons. The van der Waals surface area contributed by atoms with E-state index in [9.17, 15) is 28.2 Å². The number of carbonyl (C=O) groups excluding carboxylic acids is 2. The number of piperidine rings is 1. The van der Waals surface area contributed by atoms with E-state index >= 15 is 0 Å². The van der Waals surface area contributed by atoms with E-state index in [1.807, 2.05) is 12.1 Å². The van der Waals surface area contributed by atoms with Gasteiger partial charge in [0.15, 0.2) is 0 Å². The molecular formula is C36H48N6O7S. The smallest absolute Gasteiger partial charge is 0.319 e. The summed E-state index contributed by atoms with van der Waals surface area (Å²) in [5.41, 5.74) is 3.05. The first-order valence-electron chi connectivity index (χ1n) is 17.3. The van der Waals surface area contributed by atoms with Crippen LogP contribution in [0.3, 0.4) is 0 Å². The number of amides is 3. The molecule has 50 heavy (non-hydrogen) atoms. The van der Waals surface area contributed by atoms with Crippen LogP contribution in [0.1, 0.15) is 57.4 Å². The van der Waals surface area contributed by atoms with Crippen molar-refractivity contribution < 1.29 is 33.0 Å². The van der Waals surface area contributed by atoms with Crippen LogP contribution in [0.2, 0.25) is 0 Å². The third kappa shape index (κ3) is 10.2. The van der Waals surface area contributed by atoms with Gasteiger partial charge in [0.25, 0.3) is 10.0 Å². The quantitative estimate of drug-likeness (QED) is 0.0814. The number of nitrogens with one attached hydrogen (secondary N) is 5. The molecule has 7 N–H and O–H groups in total. The first kappa shape index (κ1) is 36.7. The van der Waals surface area contributed by atoms with E-state index in [1.54, 1.807) is 30.3 Å². The van der Waals surface area contributed by atoms with E-state index in [1.165, 1.54) is 18.2 Å². The van der Waals surface area contributed by atoms with Crippen LogP contribution in [-0.4, -0.2) is 75.5 Å². The molecule has 0 aliphatic carbocycles. The number of hydrogen-bond acceptors (Lipinski definition) is 9. The van der Waals surface area contributed by atoms with Gasteiger partial charge in [0.2, 0.25) is 5.91 Å². The van der Waals surface area contributed by atoms with Gasteiger partial charge in [0.1, 0.15) is 24.2 Å². The third-order valence-corrected chi connectivity index (χ3v) is 10.3. The van der Waals surface area contributed by atoms with Gasteiger partial charge in [-0.05, 0) is 86.3 Å². The minimum atomic E-state index is -3.82. The fourth-order valence-corrected chi connectivity index (χ4v) is 7.13. The number of phenols is 1. The number of sulfonamides is 1. The van der Waals surface area contributed by atoms with Gasteiger partial charge in [-0.3, -0.25) is 9.52 Å². The molecular weight excluding hydrogens is 660 g/mol. The van der Waals surface area contributed by atoms with E-state index in [4.69, 9.17) is 4.74 Å². The molecule has 0 unspecified atom stereocenters. The SMILES string of the molecule is CCCCCCNC(=O)Nc1ccc(S(=O)(=O)Nc2ccc(N3CCC(NC[C@H](O)COc4ccc(O)c5c4CCC(=O)N5)CC3)cc2)cc1. The average molecular weight is 709 g/mol. The van der Waals surface area contributed by atoms with Crippen molar-refractivity contribution in [2.75, 3.05) is 53.0 Å². The van der Waals surface area contributed by atoms with Crippen LogP contribution in [0.5, 0.6) is 11.5 Å². The zero-order chi connectivity index (χ0) is 35.5. The highest BCUT2D eigenvalue weighted by molar-refractivity contribution is 7.92. The van der Waals surface area contributed by atoms with Gasteiger partial charge < -0.3 is 41.1 Å². The molecule has 0 bridgehead atoms. The Morgan fingerprint density at radius 1 is 0.980 bits per heavy atom. The molecule has 13 nitrogen and oxygen atoms in total. The molecule has 2 aliphatic rings. The highest BCUT2D eigenvalue weighted by atomic mass is 32.2. The maximum atomic E-state index is 13.0. The zero-order valence-corrected chi connectivity index (χ0v) is 29.2. The summed E-state index contributed by atoms with van der Waals surface area (Å²) in [5, 5.41) is 32.3. The van der Waals surface area contributed by atoms with E-state index in [-0.39, 0.29) is 35.2 Å². The lowest BCUT2D eigenvalue weighted by atomic mass is 10.0. The number of unbranched alkanes of at least 4 members (excludes halogenated alkanes) is 3. The molecule has 0 radical (unpaired) electrons. The molecule has 1 atom stereocenters. The number of anilines is 4. The number of aliphatic hydroxyl groups is 1. The molecule has 0 spiro atoms. The van der Waals surface area contributed by atoms with Crippen LogP contribution in [0.25, 0.3) is 0 Å². The van der Waals surface area contributed by atoms with Crippen LogP contribution in [0.15, 0.2) is 65.6 Å². The second kappa shape index (κ2) is 17.4. The summed E-state index contributed by atoms with van der Waals surface area (Å²) in [6.07, 6.45) is 6.04. The average Bonchev–Trinajstić information content (AvgIpc) is 3.11. The van der Waals surface area contributed by atoms with Gasteiger partial charge in [-0.1, -0.05) is 26.2 Å². The first-order chi connectivity index (χ1) is 24.1. The topological polar surface area (TPSA) is 181 Å². The van der Waals surface area contributed by atoms with Crippen LogP contribution < -0.4 is 35.6 Å². The fraction of sp³-hybridized carbons (Fsp3) is 0.444. The van der Waals surface area contributed by atoms with E-state index in [2.05, 4.69) is 37.8 Å². The molecule has 14 heteroatoms. The monoisotopic (exact) mass is 708 g/mol. The predicted octanol–water partition coefficient (Wildman–Crippen LogP) is 4.78. The number of hydrogen-bond donors (Lipinski definition) is 7. The number of nitrogens with zero attached hydrogens (tertiary/aromatic N) is 1. The Bertz CT molecular complexity index is 1700. The number of aromatic hydroxyl groups is 1. The van der Waals surface area contributed by atoms with Gasteiger partial charge in [-0.25, -0.2) is 13.2 Å². The second-order valence-corrected chi connectivity index (χ2v) is 14.4. The standard InChI is InChI=1S/C36H48N6O7S/c1-2-3-4-5-20-37-36(46)39-26-8-12-30(13-9-26)50(47,48)41-27-6-10-28(11-7-27)42-21-18-25(19-22-42)38-23-29(43)24-49-33-16-15-32(44)35-31(33)14-17-34(45)40-35/h6-13,15-16,25,29,38,41,43-44H,2-5,14,17-24H2,1H3,(H,40,45)(H2,37,39,46)/t29-/m0/s1. The Kier molecular flexibility index (Phi) is 12.8. The first-order valence-corrected chi connectivity index (χ1v) is 18.8. The summed E-state index contributed by atoms with van der Waals surface area (Å²) in [7, 11) is -3.82. The van der Waals surface area contributed by atoms with Crippen molar-refractivity contribution in [1.82, 2.24) is 10.6 Å². The highest BCUT2D eigenvalue weighted by Gasteiger charge is 2.24.